The Kier molecular flexibility index (Phi) is 9.52. The number of nitrogens with two attached hydrogens (primary N) is 1. The largest absolute Gasteiger partial charge is 0.373 e. The number of rotatable bonds is 10. The summed E-state index contributed by atoms with van der Waals surface area (Å²) in [6.45, 7) is 5.18. The summed E-state index contributed by atoms with van der Waals surface area (Å²) in [4.78, 5) is 17.0. The van der Waals surface area contributed by atoms with E-state index in [4.69, 9.17) is 5.73 Å². The van der Waals surface area contributed by atoms with Crippen LogP contribution in [0.25, 0.3) is 0 Å². The van der Waals surface area contributed by atoms with Crippen LogP contribution in [0.4, 0.5) is 30.6 Å². The van der Waals surface area contributed by atoms with Crippen LogP contribution in [0.2, 0.25) is 0 Å². The Hall–Kier alpha value is -3.50. The Morgan fingerprint density at radius 3 is 2.59 bits per heavy atom. The van der Waals surface area contributed by atoms with Gasteiger partial charge in [0.15, 0.2) is 12.5 Å². The zero-order valence-electron chi connectivity index (χ0n) is 19.9. The number of benzene rings is 1. The fraction of sp³-hybridized carbons (Fsp3) is 0.435. The predicted octanol–water partition coefficient (Wildman–Crippen LogP) is 4.22. The van der Waals surface area contributed by atoms with Gasteiger partial charge in [0.2, 0.25) is 5.95 Å². The number of hydrogen-bond donors (Lipinski definition) is 3. The highest BCUT2D eigenvalue weighted by atomic mass is 19.3. The second-order valence-electron chi connectivity index (χ2n) is 7.34. The summed E-state index contributed by atoms with van der Waals surface area (Å²) >= 11 is 0. The van der Waals surface area contributed by atoms with Gasteiger partial charge in [-0.25, -0.2) is 4.39 Å². The third kappa shape index (κ3) is 6.30. The third-order valence-corrected chi connectivity index (χ3v) is 4.90. The minimum atomic E-state index is -3.52. The van der Waals surface area contributed by atoms with Gasteiger partial charge >= 0.3 is 5.92 Å². The monoisotopic (exact) mass is 479 g/mol. The van der Waals surface area contributed by atoms with Gasteiger partial charge < -0.3 is 16.4 Å². The van der Waals surface area contributed by atoms with Crippen molar-refractivity contribution in [3.8, 4) is 0 Å². The van der Waals surface area contributed by atoms with E-state index >= 15 is 0 Å². The maximum atomic E-state index is 13.6. The molecule has 11 heteroatoms. The van der Waals surface area contributed by atoms with Crippen LogP contribution in [-0.2, 0) is 25.6 Å². The lowest BCUT2D eigenvalue weighted by molar-refractivity contribution is -0.0281. The zero-order chi connectivity index (χ0) is 25.3. The standard InChI is InChI=1S/C21H26F3N7O.C2H6/c1-3-7-31-19(32)17(18(26-2)29-20(31)25)27-9-15-10-28-30(12-15)11-14-5-4-6-16(8-14)21(23,24)13-22;1-2/h4-6,8,10,12,26-27H,3,7,9,11,13H2,1-2H3,(H2,25,29);1-2H3. The molecule has 0 atom stereocenters. The molecule has 34 heavy (non-hydrogen) atoms. The van der Waals surface area contributed by atoms with Crippen LogP contribution < -0.4 is 21.9 Å². The maximum Gasteiger partial charge on any atom is 0.301 e. The summed E-state index contributed by atoms with van der Waals surface area (Å²) < 4.78 is 42.8. The van der Waals surface area contributed by atoms with E-state index in [0.717, 1.165) is 12.0 Å². The molecule has 8 nitrogen and oxygen atoms in total. The molecule has 0 amide bonds. The first-order valence-electron chi connectivity index (χ1n) is 11.2. The highest BCUT2D eigenvalue weighted by molar-refractivity contribution is 5.64. The van der Waals surface area contributed by atoms with Crippen molar-refractivity contribution in [3.63, 3.8) is 0 Å². The molecule has 0 saturated heterocycles. The number of nitrogens with zero attached hydrogens (tertiary/aromatic N) is 4. The first kappa shape index (κ1) is 26.7. The normalized spacial score (nSPS) is 11.0. The molecule has 0 radical (unpaired) electrons. The highest BCUT2D eigenvalue weighted by Gasteiger charge is 2.31. The summed E-state index contributed by atoms with van der Waals surface area (Å²) in [5.74, 6) is -3.03. The molecule has 2 heterocycles. The quantitative estimate of drug-likeness (QED) is 0.402. The zero-order valence-corrected chi connectivity index (χ0v) is 19.9. The Bertz CT molecular complexity index is 1130. The van der Waals surface area contributed by atoms with Crippen molar-refractivity contribution < 1.29 is 13.2 Å². The minimum absolute atomic E-state index is 0.139. The molecule has 0 saturated carbocycles. The molecule has 0 fully saturated rings. The molecule has 3 aromatic rings. The molecule has 3 rings (SSSR count). The average molecular weight is 480 g/mol. The van der Waals surface area contributed by atoms with E-state index < -0.39 is 12.6 Å². The van der Waals surface area contributed by atoms with Crippen LogP contribution in [0.15, 0.2) is 41.5 Å². The molecule has 0 spiro atoms. The topological polar surface area (TPSA) is 103 Å². The number of halogens is 3. The summed E-state index contributed by atoms with van der Waals surface area (Å²) in [7, 11) is 1.65. The van der Waals surface area contributed by atoms with Crippen molar-refractivity contribution in [2.45, 2.75) is 52.7 Å². The minimum Gasteiger partial charge on any atom is -0.373 e. The molecule has 0 aliphatic rings. The second-order valence-corrected chi connectivity index (χ2v) is 7.34. The molecule has 0 aliphatic heterocycles. The Morgan fingerprint density at radius 2 is 1.94 bits per heavy atom. The van der Waals surface area contributed by atoms with E-state index in [1.165, 1.54) is 22.8 Å². The molecule has 2 aromatic heterocycles. The molecule has 186 valence electrons. The summed E-state index contributed by atoms with van der Waals surface area (Å²) in [5, 5.41) is 10.2. The van der Waals surface area contributed by atoms with Crippen LogP contribution in [0.3, 0.4) is 0 Å². The molecule has 0 bridgehead atoms. The highest BCUT2D eigenvalue weighted by Crippen LogP contribution is 2.29. The van der Waals surface area contributed by atoms with Crippen LogP contribution >= 0.6 is 0 Å². The molecule has 1 aromatic carbocycles. The van der Waals surface area contributed by atoms with Crippen molar-refractivity contribution in [3.05, 3.63) is 63.7 Å². The first-order chi connectivity index (χ1) is 16.3. The van der Waals surface area contributed by atoms with Crippen molar-refractivity contribution in [1.29, 1.82) is 0 Å². The average Bonchev–Trinajstić information content (AvgIpc) is 3.29. The summed E-state index contributed by atoms with van der Waals surface area (Å²) in [6.07, 6.45) is 4.08. The van der Waals surface area contributed by atoms with E-state index in [-0.39, 0.29) is 23.6 Å². The molecule has 0 unspecified atom stereocenters. The Balaban J connectivity index is 0.00000199. The van der Waals surface area contributed by atoms with E-state index in [1.54, 1.807) is 30.2 Å². The van der Waals surface area contributed by atoms with Crippen LogP contribution in [0.1, 0.15) is 43.9 Å². The molecular weight excluding hydrogens is 447 g/mol. The number of anilines is 3. The van der Waals surface area contributed by atoms with E-state index in [9.17, 15) is 18.0 Å². The van der Waals surface area contributed by atoms with Gasteiger partial charge in [-0.2, -0.15) is 18.9 Å². The van der Waals surface area contributed by atoms with Gasteiger partial charge in [-0.1, -0.05) is 39.0 Å². The van der Waals surface area contributed by atoms with Crippen molar-refractivity contribution in [2.75, 3.05) is 30.1 Å². The van der Waals surface area contributed by atoms with E-state index in [2.05, 4.69) is 20.7 Å². The van der Waals surface area contributed by atoms with Crippen LogP contribution in [-0.4, -0.2) is 33.1 Å². The molecule has 4 N–H and O–H groups in total. The van der Waals surface area contributed by atoms with Crippen LogP contribution in [0.5, 0.6) is 0 Å². The maximum absolute atomic E-state index is 13.6. The van der Waals surface area contributed by atoms with Crippen LogP contribution in [0, 0.1) is 0 Å². The number of alkyl halides is 3. The second kappa shape index (κ2) is 12.1. The van der Waals surface area contributed by atoms with E-state index in [1.807, 2.05) is 20.8 Å². The van der Waals surface area contributed by atoms with Gasteiger partial charge in [-0.05, 0) is 18.1 Å². The number of nitrogen functional groups attached to an aromatic ring is 1. The predicted molar refractivity (Wildman–Crippen MR) is 129 cm³/mol. The lowest BCUT2D eigenvalue weighted by atomic mass is 10.1. The van der Waals surface area contributed by atoms with Crippen molar-refractivity contribution >= 4 is 17.5 Å². The van der Waals surface area contributed by atoms with Gasteiger partial charge in [-0.3, -0.25) is 14.0 Å². The van der Waals surface area contributed by atoms with Gasteiger partial charge in [0, 0.05) is 37.5 Å². The fourth-order valence-electron chi connectivity index (χ4n) is 3.29. The van der Waals surface area contributed by atoms with Crippen molar-refractivity contribution in [1.82, 2.24) is 19.3 Å². The van der Waals surface area contributed by atoms with E-state index in [0.29, 0.717) is 30.2 Å². The van der Waals surface area contributed by atoms with Gasteiger partial charge in [-0.15, -0.1) is 0 Å². The SMILES string of the molecule is CC.CCCn1c(N)nc(NC)c(NCc2cnn(Cc3cccc(C(F)(F)CF)c3)c2)c1=O. The number of aromatic nitrogens is 4. The lowest BCUT2D eigenvalue weighted by Crippen LogP contribution is -2.28. The Labute approximate surface area is 197 Å². The number of nitrogens with one attached hydrogen (secondary N) is 2. The molecular formula is C23H32F3N7O. The van der Waals surface area contributed by atoms with Gasteiger partial charge in [0.1, 0.15) is 5.69 Å². The Morgan fingerprint density at radius 1 is 1.21 bits per heavy atom. The lowest BCUT2D eigenvalue weighted by Gasteiger charge is -2.15. The van der Waals surface area contributed by atoms with Gasteiger partial charge in [0.05, 0.1) is 12.7 Å². The van der Waals surface area contributed by atoms with Gasteiger partial charge in [0.25, 0.3) is 5.56 Å². The fourth-order valence-corrected chi connectivity index (χ4v) is 3.29. The third-order valence-electron chi connectivity index (χ3n) is 4.90. The summed E-state index contributed by atoms with van der Waals surface area (Å²) in [5.41, 5.74) is 6.88. The molecule has 0 aliphatic carbocycles. The first-order valence-corrected chi connectivity index (χ1v) is 11.2. The number of hydrogen-bond acceptors (Lipinski definition) is 6. The smallest absolute Gasteiger partial charge is 0.301 e. The summed E-state index contributed by atoms with van der Waals surface area (Å²) in [6, 6.07) is 5.61. The van der Waals surface area contributed by atoms with Crippen molar-refractivity contribution in [2.24, 2.45) is 0 Å².